The molecule has 43 valence electrons. The molecule has 0 N–H and O–H groups in total. The molecule has 0 unspecified atom stereocenters. The molecule has 0 aromatic carbocycles. The van der Waals surface area contributed by atoms with Gasteiger partial charge in [-0.25, -0.2) is 0 Å². The monoisotopic (exact) mass is 111 g/mol. The van der Waals surface area contributed by atoms with Crippen molar-refractivity contribution >= 4 is 0 Å². The normalized spacial score (nSPS) is 9.25. The average Bonchev–Trinajstić information content (AvgIpc) is 2.14. The van der Waals surface area contributed by atoms with E-state index in [0.29, 0.717) is 5.75 Å². The number of ether oxygens (including phenoxy) is 1. The highest BCUT2D eigenvalue weighted by Crippen LogP contribution is 2.02. The summed E-state index contributed by atoms with van der Waals surface area (Å²) in [7, 11) is 3.41. The molecular formula is C5H7N2O. The Balaban J connectivity index is 2.84. The van der Waals surface area contributed by atoms with Crippen LogP contribution in [-0.2, 0) is 7.05 Å². The number of aryl methyl sites for hydroxylation is 1. The first-order valence-corrected chi connectivity index (χ1v) is 2.28. The highest BCUT2D eigenvalue weighted by molar-refractivity contribution is 5.08. The minimum absolute atomic E-state index is 0.674. The molecule has 0 saturated heterocycles. The molecule has 3 heteroatoms. The molecule has 0 aliphatic heterocycles. The lowest BCUT2D eigenvalue weighted by molar-refractivity contribution is 0.413. The fourth-order valence-electron chi connectivity index (χ4n) is 0.454. The van der Waals surface area contributed by atoms with Crippen LogP contribution in [0.2, 0.25) is 0 Å². The van der Waals surface area contributed by atoms with Crippen LogP contribution in [0, 0.1) is 6.20 Å². The first-order chi connectivity index (χ1) is 3.83. The van der Waals surface area contributed by atoms with Gasteiger partial charge >= 0.3 is 0 Å². The Hall–Kier alpha value is -0.990. The number of methoxy groups -OCH3 is 1. The Morgan fingerprint density at radius 1 is 1.88 bits per heavy atom. The van der Waals surface area contributed by atoms with Crippen LogP contribution >= 0.6 is 0 Å². The summed E-state index contributed by atoms with van der Waals surface area (Å²) in [6, 6.07) is 0. The van der Waals surface area contributed by atoms with Crippen LogP contribution in [0.25, 0.3) is 0 Å². The number of hydrogen-bond acceptors (Lipinski definition) is 2. The summed E-state index contributed by atoms with van der Waals surface area (Å²) in [5, 5.41) is 3.75. The maximum Gasteiger partial charge on any atom is 0.166 e. The molecule has 0 amide bonds. The van der Waals surface area contributed by atoms with Gasteiger partial charge in [0, 0.05) is 7.05 Å². The Labute approximate surface area is 47.9 Å². The van der Waals surface area contributed by atoms with Crippen molar-refractivity contribution in [2.75, 3.05) is 7.11 Å². The van der Waals surface area contributed by atoms with Crippen molar-refractivity contribution < 1.29 is 4.74 Å². The Kier molecular flexibility index (Phi) is 1.20. The minimum Gasteiger partial charge on any atom is -0.493 e. The standard InChI is InChI=1S/C5H7N2O/c1-7-4-5(8-2)3-6-7/h4H,1-2H3. The third kappa shape index (κ3) is 0.804. The molecule has 1 heterocycles. The van der Waals surface area contributed by atoms with Gasteiger partial charge in [0.2, 0.25) is 0 Å². The Morgan fingerprint density at radius 2 is 2.62 bits per heavy atom. The van der Waals surface area contributed by atoms with Crippen LogP contribution in [0.1, 0.15) is 0 Å². The van der Waals surface area contributed by atoms with E-state index in [2.05, 4.69) is 11.3 Å². The molecule has 0 spiro atoms. The van der Waals surface area contributed by atoms with Crippen LogP contribution in [0.4, 0.5) is 0 Å². The van der Waals surface area contributed by atoms with Crippen molar-refractivity contribution in [3.05, 3.63) is 12.4 Å². The van der Waals surface area contributed by atoms with Gasteiger partial charge in [-0.05, 0) is 0 Å². The third-order valence-electron chi connectivity index (χ3n) is 0.842. The van der Waals surface area contributed by atoms with E-state index in [-0.39, 0.29) is 0 Å². The highest BCUT2D eigenvalue weighted by Gasteiger charge is 1.90. The molecule has 1 radical (unpaired) electrons. The van der Waals surface area contributed by atoms with E-state index in [4.69, 9.17) is 4.74 Å². The molecule has 1 aromatic heterocycles. The van der Waals surface area contributed by atoms with E-state index in [1.54, 1.807) is 18.0 Å². The largest absolute Gasteiger partial charge is 0.493 e. The molecule has 8 heavy (non-hydrogen) atoms. The number of aromatic nitrogens is 2. The second kappa shape index (κ2) is 1.86. The van der Waals surface area contributed by atoms with E-state index in [0.717, 1.165) is 0 Å². The fraction of sp³-hybridized carbons (Fsp3) is 0.400. The predicted octanol–water partition coefficient (Wildman–Crippen LogP) is 0.229. The molecule has 1 rings (SSSR count). The summed E-state index contributed by atoms with van der Waals surface area (Å²) in [5.74, 6) is 0.674. The lowest BCUT2D eigenvalue weighted by Gasteiger charge is -1.86. The average molecular weight is 111 g/mol. The number of nitrogens with zero attached hydrogens (tertiary/aromatic N) is 2. The summed E-state index contributed by atoms with van der Waals surface area (Å²) in [6.07, 6.45) is 4.40. The second-order valence-electron chi connectivity index (χ2n) is 1.48. The van der Waals surface area contributed by atoms with Crippen molar-refractivity contribution in [1.82, 2.24) is 9.78 Å². The summed E-state index contributed by atoms with van der Waals surface area (Å²) < 4.78 is 6.43. The molecule has 0 aliphatic rings. The third-order valence-corrected chi connectivity index (χ3v) is 0.842. The van der Waals surface area contributed by atoms with Gasteiger partial charge in [0.1, 0.15) is 0 Å². The maximum absolute atomic E-state index is 4.80. The Bertz CT molecular complexity index is 171. The van der Waals surface area contributed by atoms with Gasteiger partial charge in [0.05, 0.1) is 13.3 Å². The zero-order chi connectivity index (χ0) is 5.98. The molecule has 0 fully saturated rings. The highest BCUT2D eigenvalue weighted by atomic mass is 16.5. The summed E-state index contributed by atoms with van der Waals surface area (Å²) >= 11 is 0. The summed E-state index contributed by atoms with van der Waals surface area (Å²) in [6.45, 7) is 0. The van der Waals surface area contributed by atoms with Crippen molar-refractivity contribution in [3.8, 4) is 5.75 Å². The minimum atomic E-state index is 0.674. The van der Waals surface area contributed by atoms with E-state index >= 15 is 0 Å². The Morgan fingerprint density at radius 3 is 2.88 bits per heavy atom. The van der Waals surface area contributed by atoms with Gasteiger partial charge in [-0.2, -0.15) is 5.10 Å². The van der Waals surface area contributed by atoms with Crippen LogP contribution < -0.4 is 4.74 Å². The van der Waals surface area contributed by atoms with Crippen molar-refractivity contribution in [2.45, 2.75) is 0 Å². The zero-order valence-electron chi connectivity index (χ0n) is 4.88. The van der Waals surface area contributed by atoms with E-state index < -0.39 is 0 Å². The zero-order valence-corrected chi connectivity index (χ0v) is 4.88. The number of hydrogen-bond donors (Lipinski definition) is 0. The molecular weight excluding hydrogens is 104 g/mol. The predicted molar refractivity (Wildman–Crippen MR) is 28.6 cm³/mol. The molecule has 0 bridgehead atoms. The summed E-state index contributed by atoms with van der Waals surface area (Å²) in [5.41, 5.74) is 0. The van der Waals surface area contributed by atoms with Crippen molar-refractivity contribution in [3.63, 3.8) is 0 Å². The topological polar surface area (TPSA) is 27.1 Å². The molecule has 0 saturated carbocycles. The SMILES string of the molecule is COc1[c]nn(C)c1. The summed E-state index contributed by atoms with van der Waals surface area (Å²) in [4.78, 5) is 0. The molecule has 0 aliphatic carbocycles. The number of rotatable bonds is 1. The molecule has 0 atom stereocenters. The van der Waals surface area contributed by atoms with E-state index in [1.807, 2.05) is 7.05 Å². The second-order valence-corrected chi connectivity index (χ2v) is 1.48. The van der Waals surface area contributed by atoms with Gasteiger partial charge < -0.3 is 4.74 Å². The smallest absolute Gasteiger partial charge is 0.166 e. The van der Waals surface area contributed by atoms with E-state index in [1.165, 1.54) is 0 Å². The van der Waals surface area contributed by atoms with Gasteiger partial charge in [-0.1, -0.05) is 0 Å². The first kappa shape index (κ1) is 5.15. The molecule has 1 aromatic rings. The fourth-order valence-corrected chi connectivity index (χ4v) is 0.454. The van der Waals surface area contributed by atoms with Crippen LogP contribution in [0.3, 0.4) is 0 Å². The maximum atomic E-state index is 4.80. The van der Waals surface area contributed by atoms with Gasteiger partial charge in [0.25, 0.3) is 0 Å². The van der Waals surface area contributed by atoms with Crippen LogP contribution in [0.15, 0.2) is 6.20 Å². The van der Waals surface area contributed by atoms with E-state index in [9.17, 15) is 0 Å². The van der Waals surface area contributed by atoms with Gasteiger partial charge in [0.15, 0.2) is 11.9 Å². The quantitative estimate of drug-likeness (QED) is 0.518. The van der Waals surface area contributed by atoms with Crippen molar-refractivity contribution in [2.24, 2.45) is 7.05 Å². The molecule has 3 nitrogen and oxygen atoms in total. The van der Waals surface area contributed by atoms with Crippen LogP contribution in [0.5, 0.6) is 5.75 Å². The lowest BCUT2D eigenvalue weighted by Crippen LogP contribution is -1.84. The van der Waals surface area contributed by atoms with Gasteiger partial charge in [-0.3, -0.25) is 4.68 Å². The first-order valence-electron chi connectivity index (χ1n) is 2.28. The van der Waals surface area contributed by atoms with Gasteiger partial charge in [-0.15, -0.1) is 0 Å². The van der Waals surface area contributed by atoms with Crippen molar-refractivity contribution in [1.29, 1.82) is 0 Å². The lowest BCUT2D eigenvalue weighted by atomic mass is 10.7. The van der Waals surface area contributed by atoms with Crippen LogP contribution in [-0.4, -0.2) is 16.9 Å².